The van der Waals surface area contributed by atoms with Crippen LogP contribution in [0.25, 0.3) is 0 Å². The minimum atomic E-state index is -4.72. The number of carbonyl (C=O) groups excluding carboxylic acids is 2. The lowest BCUT2D eigenvalue weighted by Crippen LogP contribution is -2.53. The standard InChI is InChI=1S/C30H33BrF3N3O4S/c1-21(2)18-35-29(39)27(16-22-8-5-4-6-9-22)36(19-23-12-14-25(31)15-13-23)28(38)20-37(42(3,40)41)26-11-7-10-24(17-26)30(32,33)34/h4-15,17,21,27H,16,18-20H2,1-3H3,(H,35,39). The van der Waals surface area contributed by atoms with Crippen molar-refractivity contribution in [3.63, 3.8) is 0 Å². The van der Waals surface area contributed by atoms with Gasteiger partial charge in [0.1, 0.15) is 12.6 Å². The highest BCUT2D eigenvalue weighted by molar-refractivity contribution is 9.10. The molecule has 0 spiro atoms. The van der Waals surface area contributed by atoms with Gasteiger partial charge in [-0.2, -0.15) is 13.2 Å². The highest BCUT2D eigenvalue weighted by atomic mass is 79.9. The average Bonchev–Trinajstić information content (AvgIpc) is 2.92. The molecule has 42 heavy (non-hydrogen) atoms. The molecule has 0 radical (unpaired) electrons. The average molecular weight is 669 g/mol. The van der Waals surface area contributed by atoms with E-state index in [1.54, 1.807) is 36.4 Å². The van der Waals surface area contributed by atoms with Crippen LogP contribution in [0, 0.1) is 5.92 Å². The highest BCUT2D eigenvalue weighted by Crippen LogP contribution is 2.32. The van der Waals surface area contributed by atoms with Gasteiger partial charge < -0.3 is 10.2 Å². The first-order chi connectivity index (χ1) is 19.6. The van der Waals surface area contributed by atoms with Crippen molar-refractivity contribution in [1.82, 2.24) is 10.2 Å². The summed E-state index contributed by atoms with van der Waals surface area (Å²) in [5.74, 6) is -1.05. The molecule has 1 N–H and O–H groups in total. The third kappa shape index (κ3) is 9.59. The summed E-state index contributed by atoms with van der Waals surface area (Å²) < 4.78 is 67.3. The van der Waals surface area contributed by atoms with E-state index < -0.39 is 46.2 Å². The number of benzene rings is 3. The summed E-state index contributed by atoms with van der Waals surface area (Å²) in [5.41, 5.74) is 0.0795. The number of rotatable bonds is 12. The molecule has 0 saturated carbocycles. The third-order valence-corrected chi connectivity index (χ3v) is 8.03. The number of nitrogens with one attached hydrogen (secondary N) is 1. The summed E-state index contributed by atoms with van der Waals surface area (Å²) in [6, 6.07) is 18.9. The van der Waals surface area contributed by atoms with E-state index in [2.05, 4.69) is 21.2 Å². The summed E-state index contributed by atoms with van der Waals surface area (Å²) in [5, 5.41) is 2.87. The quantitative estimate of drug-likeness (QED) is 0.271. The SMILES string of the molecule is CC(C)CNC(=O)C(Cc1ccccc1)N(Cc1ccc(Br)cc1)C(=O)CN(c1cccc(C(F)(F)F)c1)S(C)(=O)=O. The lowest BCUT2D eigenvalue weighted by molar-refractivity contribution is -0.140. The number of hydrogen-bond donors (Lipinski definition) is 1. The zero-order chi connectivity index (χ0) is 31.1. The number of halogens is 4. The number of nitrogens with zero attached hydrogens (tertiary/aromatic N) is 2. The molecule has 0 aliphatic rings. The van der Waals surface area contributed by atoms with Gasteiger partial charge in [-0.25, -0.2) is 8.42 Å². The predicted octanol–water partition coefficient (Wildman–Crippen LogP) is 5.65. The molecule has 3 aromatic rings. The molecule has 7 nitrogen and oxygen atoms in total. The minimum absolute atomic E-state index is 0.0428. The molecular formula is C30H33BrF3N3O4S. The number of amides is 2. The highest BCUT2D eigenvalue weighted by Gasteiger charge is 2.35. The van der Waals surface area contributed by atoms with Gasteiger partial charge >= 0.3 is 6.18 Å². The summed E-state index contributed by atoms with van der Waals surface area (Å²) >= 11 is 3.37. The second-order valence-electron chi connectivity index (χ2n) is 10.3. The van der Waals surface area contributed by atoms with Crippen molar-refractivity contribution in [2.24, 2.45) is 5.92 Å². The van der Waals surface area contributed by atoms with Crippen LogP contribution in [0.5, 0.6) is 0 Å². The van der Waals surface area contributed by atoms with Crippen molar-refractivity contribution in [3.8, 4) is 0 Å². The number of carbonyl (C=O) groups is 2. The van der Waals surface area contributed by atoms with Crippen molar-refractivity contribution in [3.05, 3.63) is 100 Å². The van der Waals surface area contributed by atoms with Crippen LogP contribution in [-0.4, -0.2) is 50.5 Å². The Morgan fingerprint density at radius 3 is 2.14 bits per heavy atom. The van der Waals surface area contributed by atoms with Crippen molar-refractivity contribution in [2.75, 3.05) is 23.7 Å². The predicted molar refractivity (Wildman–Crippen MR) is 160 cm³/mol. The first-order valence-corrected chi connectivity index (χ1v) is 15.8. The van der Waals surface area contributed by atoms with Crippen LogP contribution in [0.1, 0.15) is 30.5 Å². The van der Waals surface area contributed by atoms with Gasteiger partial charge in [-0.3, -0.25) is 13.9 Å². The molecule has 2 amide bonds. The van der Waals surface area contributed by atoms with Gasteiger partial charge in [0, 0.05) is 24.0 Å². The molecule has 0 fully saturated rings. The van der Waals surface area contributed by atoms with E-state index in [4.69, 9.17) is 0 Å². The minimum Gasteiger partial charge on any atom is -0.354 e. The van der Waals surface area contributed by atoms with Gasteiger partial charge in [-0.1, -0.05) is 78.3 Å². The Bertz CT molecular complexity index is 1470. The van der Waals surface area contributed by atoms with Gasteiger partial charge in [-0.15, -0.1) is 0 Å². The monoisotopic (exact) mass is 667 g/mol. The number of sulfonamides is 1. The van der Waals surface area contributed by atoms with Crippen LogP contribution in [0.2, 0.25) is 0 Å². The number of anilines is 1. The number of hydrogen-bond acceptors (Lipinski definition) is 4. The topological polar surface area (TPSA) is 86.8 Å². The van der Waals surface area contributed by atoms with Crippen molar-refractivity contribution < 1.29 is 31.2 Å². The fraction of sp³-hybridized carbons (Fsp3) is 0.333. The number of alkyl halides is 3. The van der Waals surface area contributed by atoms with Crippen molar-refractivity contribution in [1.29, 1.82) is 0 Å². The molecule has 0 heterocycles. The second kappa shape index (κ2) is 14.2. The second-order valence-corrected chi connectivity index (χ2v) is 13.1. The van der Waals surface area contributed by atoms with E-state index >= 15 is 0 Å². The summed E-state index contributed by atoms with van der Waals surface area (Å²) in [6.07, 6.45) is -3.77. The van der Waals surface area contributed by atoms with Crippen molar-refractivity contribution in [2.45, 2.75) is 39.0 Å². The first-order valence-electron chi connectivity index (χ1n) is 13.2. The molecular weight excluding hydrogens is 635 g/mol. The lowest BCUT2D eigenvalue weighted by atomic mass is 10.0. The molecule has 0 aliphatic heterocycles. The maximum Gasteiger partial charge on any atom is 0.416 e. The van der Waals surface area contributed by atoms with Crippen molar-refractivity contribution >= 4 is 43.5 Å². The fourth-order valence-corrected chi connectivity index (χ4v) is 5.32. The van der Waals surface area contributed by atoms with E-state index in [0.717, 1.165) is 28.4 Å². The van der Waals surface area contributed by atoms with Crippen LogP contribution >= 0.6 is 15.9 Å². The maximum atomic E-state index is 14.0. The Kier molecular flexibility index (Phi) is 11.2. The van der Waals surface area contributed by atoms with Crippen LogP contribution in [-0.2, 0) is 38.8 Å². The van der Waals surface area contributed by atoms with Crippen LogP contribution in [0.15, 0.2) is 83.3 Å². The smallest absolute Gasteiger partial charge is 0.354 e. The molecule has 226 valence electrons. The molecule has 3 aromatic carbocycles. The zero-order valence-corrected chi connectivity index (χ0v) is 25.8. The molecule has 3 rings (SSSR count). The van der Waals surface area contributed by atoms with Gasteiger partial charge in [-0.05, 0) is 47.4 Å². The Balaban J connectivity index is 2.07. The normalized spacial score (nSPS) is 12.6. The van der Waals surface area contributed by atoms with Gasteiger partial charge in [0.05, 0.1) is 17.5 Å². The molecule has 1 unspecified atom stereocenters. The Hall–Kier alpha value is -3.38. The summed E-state index contributed by atoms with van der Waals surface area (Å²) in [7, 11) is -4.20. The summed E-state index contributed by atoms with van der Waals surface area (Å²) in [6.45, 7) is 3.36. The van der Waals surface area contributed by atoms with E-state index in [9.17, 15) is 31.2 Å². The lowest BCUT2D eigenvalue weighted by Gasteiger charge is -2.33. The Labute approximate surface area is 252 Å². The Morgan fingerprint density at radius 1 is 0.929 bits per heavy atom. The molecule has 0 aromatic heterocycles. The van der Waals surface area contributed by atoms with Gasteiger partial charge in [0.15, 0.2) is 0 Å². The van der Waals surface area contributed by atoms with E-state index in [0.29, 0.717) is 22.5 Å². The molecule has 1 atom stereocenters. The molecule has 12 heteroatoms. The summed E-state index contributed by atoms with van der Waals surface area (Å²) in [4.78, 5) is 28.9. The van der Waals surface area contributed by atoms with Crippen LogP contribution in [0.4, 0.5) is 18.9 Å². The molecule has 0 aliphatic carbocycles. The fourth-order valence-electron chi connectivity index (χ4n) is 4.21. The maximum absolute atomic E-state index is 14.0. The largest absolute Gasteiger partial charge is 0.416 e. The van der Waals surface area contributed by atoms with E-state index in [-0.39, 0.29) is 24.6 Å². The Morgan fingerprint density at radius 2 is 1.57 bits per heavy atom. The van der Waals surface area contributed by atoms with Gasteiger partial charge in [0.2, 0.25) is 21.8 Å². The van der Waals surface area contributed by atoms with E-state index in [1.165, 1.54) is 11.0 Å². The van der Waals surface area contributed by atoms with Gasteiger partial charge in [0.25, 0.3) is 0 Å². The molecule has 0 saturated heterocycles. The first kappa shape index (κ1) is 33.1. The van der Waals surface area contributed by atoms with Crippen LogP contribution < -0.4 is 9.62 Å². The third-order valence-electron chi connectivity index (χ3n) is 6.36. The van der Waals surface area contributed by atoms with E-state index in [1.807, 2.05) is 32.0 Å². The van der Waals surface area contributed by atoms with Crippen LogP contribution in [0.3, 0.4) is 0 Å². The molecule has 0 bridgehead atoms. The zero-order valence-electron chi connectivity index (χ0n) is 23.4.